The Labute approximate surface area is 186 Å². The number of carbonyl (C=O) groups excluding carboxylic acids is 1. The van der Waals surface area contributed by atoms with Gasteiger partial charge in [-0.25, -0.2) is 4.68 Å². The van der Waals surface area contributed by atoms with E-state index >= 15 is 0 Å². The molecule has 158 valence electrons. The van der Waals surface area contributed by atoms with Crippen LogP contribution in [0.25, 0.3) is 5.69 Å². The second kappa shape index (κ2) is 9.29. The number of hydrogen-bond acceptors (Lipinski definition) is 5. The van der Waals surface area contributed by atoms with Gasteiger partial charge in [-0.05, 0) is 49.2 Å². The number of amides is 1. The Balaban J connectivity index is 1.42. The summed E-state index contributed by atoms with van der Waals surface area (Å²) in [6.07, 6.45) is 0.892. The fourth-order valence-corrected chi connectivity index (χ4v) is 3.99. The number of rotatable bonds is 4. The standard InChI is InChI=1S/C23H23ClN6O/c1-17-22(26-27-30(17)21-5-2-4-20(24)14-21)23(31)29-11-3-10-28(12-13-29)16-19-8-6-18(15-25)7-9-19/h2,4-9,14H,3,10-13,16H2,1H3. The number of carbonyl (C=O) groups is 1. The van der Waals surface area contributed by atoms with Crippen LogP contribution in [0.3, 0.4) is 0 Å². The maximum atomic E-state index is 13.2. The molecule has 2 heterocycles. The Morgan fingerprint density at radius 1 is 1.13 bits per heavy atom. The monoisotopic (exact) mass is 434 g/mol. The van der Waals surface area contributed by atoms with Crippen LogP contribution in [0.5, 0.6) is 0 Å². The highest BCUT2D eigenvalue weighted by Crippen LogP contribution is 2.18. The van der Waals surface area contributed by atoms with Crippen LogP contribution >= 0.6 is 11.6 Å². The summed E-state index contributed by atoms with van der Waals surface area (Å²) in [5.74, 6) is -0.0917. The molecule has 1 fully saturated rings. The van der Waals surface area contributed by atoms with E-state index in [-0.39, 0.29) is 5.91 Å². The van der Waals surface area contributed by atoms with Crippen LogP contribution in [-0.2, 0) is 6.54 Å². The summed E-state index contributed by atoms with van der Waals surface area (Å²) in [5.41, 5.74) is 3.68. The molecule has 0 aliphatic carbocycles. The molecule has 0 atom stereocenters. The summed E-state index contributed by atoms with van der Waals surface area (Å²) in [6.45, 7) is 5.68. The molecule has 1 aromatic heterocycles. The summed E-state index contributed by atoms with van der Waals surface area (Å²) < 4.78 is 1.65. The van der Waals surface area contributed by atoms with Crippen LogP contribution < -0.4 is 0 Å². The zero-order valence-corrected chi connectivity index (χ0v) is 18.1. The molecule has 0 N–H and O–H groups in total. The van der Waals surface area contributed by atoms with Crippen LogP contribution in [0, 0.1) is 18.3 Å². The molecule has 0 radical (unpaired) electrons. The fraction of sp³-hybridized carbons (Fsp3) is 0.304. The zero-order chi connectivity index (χ0) is 21.8. The highest BCUT2D eigenvalue weighted by Gasteiger charge is 2.25. The van der Waals surface area contributed by atoms with Crippen molar-refractivity contribution in [2.75, 3.05) is 26.2 Å². The Hall–Kier alpha value is -3.21. The van der Waals surface area contributed by atoms with Gasteiger partial charge in [-0.15, -0.1) is 5.10 Å². The average Bonchev–Trinajstić information content (AvgIpc) is 3.01. The minimum atomic E-state index is -0.0917. The first kappa shape index (κ1) is 21.0. The van der Waals surface area contributed by atoms with E-state index in [1.165, 1.54) is 5.56 Å². The van der Waals surface area contributed by atoms with Crippen LogP contribution in [0.15, 0.2) is 48.5 Å². The summed E-state index contributed by atoms with van der Waals surface area (Å²) in [4.78, 5) is 17.4. The molecular weight excluding hydrogens is 412 g/mol. The van der Waals surface area contributed by atoms with Crippen molar-refractivity contribution in [2.24, 2.45) is 0 Å². The molecule has 1 aliphatic rings. The Bertz CT molecular complexity index is 1120. The van der Waals surface area contributed by atoms with Crippen LogP contribution in [0.4, 0.5) is 0 Å². The number of benzene rings is 2. The van der Waals surface area contributed by atoms with E-state index in [4.69, 9.17) is 16.9 Å². The van der Waals surface area contributed by atoms with Crippen molar-refractivity contribution >= 4 is 17.5 Å². The minimum absolute atomic E-state index is 0.0917. The van der Waals surface area contributed by atoms with Crippen molar-refractivity contribution in [2.45, 2.75) is 19.9 Å². The van der Waals surface area contributed by atoms with E-state index in [2.05, 4.69) is 21.3 Å². The summed E-state index contributed by atoms with van der Waals surface area (Å²) >= 11 is 6.09. The topological polar surface area (TPSA) is 78.1 Å². The van der Waals surface area contributed by atoms with Gasteiger partial charge in [-0.1, -0.05) is 35.0 Å². The third-order valence-corrected chi connectivity index (χ3v) is 5.75. The Kier molecular flexibility index (Phi) is 6.31. The van der Waals surface area contributed by atoms with E-state index in [0.717, 1.165) is 31.7 Å². The zero-order valence-electron chi connectivity index (χ0n) is 17.3. The van der Waals surface area contributed by atoms with E-state index in [1.807, 2.05) is 48.2 Å². The molecule has 0 bridgehead atoms. The van der Waals surface area contributed by atoms with Crippen molar-refractivity contribution in [1.82, 2.24) is 24.8 Å². The maximum Gasteiger partial charge on any atom is 0.276 e. The molecule has 0 saturated carbocycles. The van der Waals surface area contributed by atoms with Crippen molar-refractivity contribution in [3.8, 4) is 11.8 Å². The second-order valence-electron chi connectivity index (χ2n) is 7.65. The first-order valence-electron chi connectivity index (χ1n) is 10.2. The van der Waals surface area contributed by atoms with E-state index < -0.39 is 0 Å². The summed E-state index contributed by atoms with van der Waals surface area (Å²) in [6, 6.07) is 17.1. The molecule has 31 heavy (non-hydrogen) atoms. The van der Waals surface area contributed by atoms with Gasteiger partial charge in [0.1, 0.15) is 0 Å². The molecule has 8 heteroatoms. The quantitative estimate of drug-likeness (QED) is 0.628. The van der Waals surface area contributed by atoms with Crippen LogP contribution in [-0.4, -0.2) is 56.9 Å². The lowest BCUT2D eigenvalue weighted by atomic mass is 10.1. The molecule has 3 aromatic rings. The molecule has 1 aliphatic heterocycles. The average molecular weight is 435 g/mol. The molecular formula is C23H23ClN6O. The highest BCUT2D eigenvalue weighted by molar-refractivity contribution is 6.30. The van der Waals surface area contributed by atoms with Gasteiger partial charge < -0.3 is 4.90 Å². The van der Waals surface area contributed by atoms with Gasteiger partial charge in [-0.2, -0.15) is 5.26 Å². The molecule has 2 aromatic carbocycles. The smallest absolute Gasteiger partial charge is 0.276 e. The van der Waals surface area contributed by atoms with E-state index in [9.17, 15) is 4.79 Å². The summed E-state index contributed by atoms with van der Waals surface area (Å²) in [7, 11) is 0. The van der Waals surface area contributed by atoms with Gasteiger partial charge in [0.15, 0.2) is 5.69 Å². The predicted molar refractivity (Wildman–Crippen MR) is 118 cm³/mol. The van der Waals surface area contributed by atoms with Gasteiger partial charge in [0.2, 0.25) is 0 Å². The molecule has 4 rings (SSSR count). The molecule has 0 spiro atoms. The lowest BCUT2D eigenvalue weighted by Crippen LogP contribution is -2.35. The normalized spacial score (nSPS) is 14.8. The van der Waals surface area contributed by atoms with E-state index in [1.54, 1.807) is 16.8 Å². The predicted octanol–water partition coefficient (Wildman–Crippen LogP) is 3.45. The first-order valence-corrected chi connectivity index (χ1v) is 10.6. The second-order valence-corrected chi connectivity index (χ2v) is 8.08. The van der Waals surface area contributed by atoms with Crippen LogP contribution in [0.1, 0.15) is 33.7 Å². The maximum absolute atomic E-state index is 13.2. The first-order chi connectivity index (χ1) is 15.0. The Morgan fingerprint density at radius 2 is 1.94 bits per heavy atom. The minimum Gasteiger partial charge on any atom is -0.336 e. The van der Waals surface area contributed by atoms with Gasteiger partial charge in [0, 0.05) is 37.7 Å². The highest BCUT2D eigenvalue weighted by atomic mass is 35.5. The van der Waals surface area contributed by atoms with Crippen molar-refractivity contribution in [3.63, 3.8) is 0 Å². The van der Waals surface area contributed by atoms with Gasteiger partial charge in [-0.3, -0.25) is 9.69 Å². The van der Waals surface area contributed by atoms with Crippen LogP contribution in [0.2, 0.25) is 5.02 Å². The van der Waals surface area contributed by atoms with Gasteiger partial charge in [0.25, 0.3) is 5.91 Å². The molecule has 0 unspecified atom stereocenters. The van der Waals surface area contributed by atoms with Crippen molar-refractivity contribution in [3.05, 3.63) is 76.1 Å². The fourth-order valence-electron chi connectivity index (χ4n) is 3.80. The Morgan fingerprint density at radius 3 is 2.68 bits per heavy atom. The van der Waals surface area contributed by atoms with Crippen molar-refractivity contribution < 1.29 is 4.79 Å². The number of hydrogen-bond donors (Lipinski definition) is 0. The largest absolute Gasteiger partial charge is 0.336 e. The lowest BCUT2D eigenvalue weighted by Gasteiger charge is -2.21. The SMILES string of the molecule is Cc1c(C(=O)N2CCCN(Cc3ccc(C#N)cc3)CC2)nnn1-c1cccc(Cl)c1. The van der Waals surface area contributed by atoms with Gasteiger partial charge >= 0.3 is 0 Å². The van der Waals surface area contributed by atoms with Crippen molar-refractivity contribution in [1.29, 1.82) is 5.26 Å². The molecule has 1 amide bonds. The van der Waals surface area contributed by atoms with Gasteiger partial charge in [0.05, 0.1) is 23.0 Å². The number of aromatic nitrogens is 3. The summed E-state index contributed by atoms with van der Waals surface area (Å²) in [5, 5.41) is 17.9. The lowest BCUT2D eigenvalue weighted by molar-refractivity contribution is 0.0754. The third-order valence-electron chi connectivity index (χ3n) is 5.51. The van der Waals surface area contributed by atoms with E-state index in [0.29, 0.717) is 35.1 Å². The molecule has 1 saturated heterocycles. The molecule has 7 nitrogen and oxygen atoms in total. The number of nitriles is 1. The number of halogens is 1. The third kappa shape index (κ3) is 4.76. The number of nitrogens with zero attached hydrogens (tertiary/aromatic N) is 6.